The lowest BCUT2D eigenvalue weighted by Gasteiger charge is -2.14. The first-order valence-electron chi connectivity index (χ1n) is 8.73. The molecule has 0 aliphatic carbocycles. The molecule has 0 bridgehead atoms. The van der Waals surface area contributed by atoms with E-state index in [-0.39, 0.29) is 37.1 Å². The summed E-state index contributed by atoms with van der Waals surface area (Å²) in [6, 6.07) is 6.67. The van der Waals surface area contributed by atoms with Gasteiger partial charge in [-0.15, -0.1) is 11.3 Å². The molecule has 1 aromatic heterocycles. The summed E-state index contributed by atoms with van der Waals surface area (Å²) in [5.74, 6) is -1.20. The van der Waals surface area contributed by atoms with Crippen LogP contribution in [0.15, 0.2) is 24.3 Å². The van der Waals surface area contributed by atoms with Crippen LogP contribution in [0.2, 0.25) is 0 Å². The third-order valence-electron chi connectivity index (χ3n) is 4.71. The monoisotopic (exact) mass is 400 g/mol. The van der Waals surface area contributed by atoms with Crippen molar-refractivity contribution in [3.63, 3.8) is 0 Å². The van der Waals surface area contributed by atoms with Gasteiger partial charge < -0.3 is 10.1 Å². The Labute approximate surface area is 166 Å². The third-order valence-corrected chi connectivity index (χ3v) is 5.84. The molecule has 1 fully saturated rings. The number of imide groups is 1. The van der Waals surface area contributed by atoms with Crippen molar-refractivity contribution in [2.75, 3.05) is 12.4 Å². The second-order valence-electron chi connectivity index (χ2n) is 6.50. The van der Waals surface area contributed by atoms with E-state index >= 15 is 0 Å². The van der Waals surface area contributed by atoms with Gasteiger partial charge in [0.15, 0.2) is 0 Å². The van der Waals surface area contributed by atoms with Gasteiger partial charge in [-0.05, 0) is 37.1 Å². The number of thiophene rings is 1. The summed E-state index contributed by atoms with van der Waals surface area (Å²) >= 11 is 1.32. The summed E-state index contributed by atoms with van der Waals surface area (Å²) in [4.78, 5) is 50.2. The number of hydrogen-bond acceptors (Lipinski definition) is 6. The largest absolute Gasteiger partial charge is 0.465 e. The molecule has 3 amide bonds. The molecule has 1 saturated heterocycles. The summed E-state index contributed by atoms with van der Waals surface area (Å²) in [5.41, 5.74) is 2.31. The number of nitrogens with zero attached hydrogens (tertiary/aromatic N) is 1. The van der Waals surface area contributed by atoms with Gasteiger partial charge in [0.1, 0.15) is 5.00 Å². The molecular weight excluding hydrogens is 380 g/mol. The van der Waals surface area contributed by atoms with Gasteiger partial charge in [0.05, 0.1) is 19.2 Å². The Bertz CT molecular complexity index is 946. The number of carbonyl (C=O) groups is 4. The fourth-order valence-electron chi connectivity index (χ4n) is 2.98. The minimum absolute atomic E-state index is 0.175. The van der Waals surface area contributed by atoms with E-state index in [1.807, 2.05) is 13.8 Å². The molecule has 28 heavy (non-hydrogen) atoms. The van der Waals surface area contributed by atoms with E-state index in [0.717, 1.165) is 16.0 Å². The molecule has 1 aromatic carbocycles. The molecule has 2 aromatic rings. The number of methoxy groups -OCH3 is 1. The van der Waals surface area contributed by atoms with Gasteiger partial charge in [0.2, 0.25) is 11.8 Å². The highest BCUT2D eigenvalue weighted by Crippen LogP contribution is 2.33. The Morgan fingerprint density at radius 2 is 1.71 bits per heavy atom. The Morgan fingerprint density at radius 1 is 1.11 bits per heavy atom. The van der Waals surface area contributed by atoms with Crippen LogP contribution in [0.1, 0.15) is 49.6 Å². The summed E-state index contributed by atoms with van der Waals surface area (Å²) < 4.78 is 4.81. The van der Waals surface area contributed by atoms with E-state index in [1.165, 1.54) is 23.3 Å². The van der Waals surface area contributed by atoms with Crippen LogP contribution in [0.25, 0.3) is 0 Å². The average Bonchev–Trinajstić information content (AvgIpc) is 3.14. The van der Waals surface area contributed by atoms with Gasteiger partial charge in [-0.25, -0.2) is 4.79 Å². The number of likely N-dealkylation sites (tertiary alicyclic amines) is 1. The van der Waals surface area contributed by atoms with Crippen molar-refractivity contribution < 1.29 is 23.9 Å². The lowest BCUT2D eigenvalue weighted by Crippen LogP contribution is -2.28. The quantitative estimate of drug-likeness (QED) is 0.615. The van der Waals surface area contributed by atoms with Gasteiger partial charge in [0.25, 0.3) is 5.91 Å². The van der Waals surface area contributed by atoms with Gasteiger partial charge >= 0.3 is 5.97 Å². The average molecular weight is 400 g/mol. The van der Waals surface area contributed by atoms with Crippen molar-refractivity contribution in [1.29, 1.82) is 0 Å². The number of carbonyl (C=O) groups excluding carboxylic acids is 4. The highest BCUT2D eigenvalue weighted by Gasteiger charge is 2.28. The first kappa shape index (κ1) is 19.8. The zero-order valence-electron chi connectivity index (χ0n) is 15.8. The minimum Gasteiger partial charge on any atom is -0.465 e. The minimum atomic E-state index is -0.493. The van der Waals surface area contributed by atoms with E-state index in [2.05, 4.69) is 5.32 Å². The van der Waals surface area contributed by atoms with Gasteiger partial charge in [0, 0.05) is 23.3 Å². The van der Waals surface area contributed by atoms with Gasteiger partial charge in [-0.2, -0.15) is 0 Å². The molecule has 2 heterocycles. The topological polar surface area (TPSA) is 92.8 Å². The Morgan fingerprint density at radius 3 is 2.29 bits per heavy atom. The molecule has 1 aliphatic rings. The number of esters is 1. The molecular formula is C20H20N2O5S. The van der Waals surface area contributed by atoms with E-state index < -0.39 is 5.97 Å². The molecule has 146 valence electrons. The lowest BCUT2D eigenvalue weighted by atomic mass is 10.1. The Kier molecular flexibility index (Phi) is 5.60. The maximum absolute atomic E-state index is 12.6. The number of aryl methyl sites for hydroxylation is 1. The van der Waals surface area contributed by atoms with Crippen LogP contribution in [0.4, 0.5) is 5.00 Å². The number of hydrogen-bond donors (Lipinski definition) is 1. The molecule has 3 rings (SSSR count). The van der Waals surface area contributed by atoms with Gasteiger partial charge in [-0.3, -0.25) is 19.3 Å². The standard InChI is InChI=1S/C20H20N2O5S/c1-11-12(2)28-19(17(11)20(26)27-3)21-18(25)14-6-4-13(5-7-14)10-22-15(23)8-9-16(22)24/h4-7H,8-10H2,1-3H3,(H,21,25). The molecule has 8 heteroatoms. The number of nitrogens with one attached hydrogen (secondary N) is 1. The first-order chi connectivity index (χ1) is 13.3. The van der Waals surface area contributed by atoms with Crippen molar-refractivity contribution >= 4 is 40.0 Å². The summed E-state index contributed by atoms with van der Waals surface area (Å²) in [6.45, 7) is 3.89. The zero-order valence-corrected chi connectivity index (χ0v) is 16.6. The molecule has 1 aliphatic heterocycles. The number of benzene rings is 1. The summed E-state index contributed by atoms with van der Waals surface area (Å²) in [7, 11) is 1.30. The van der Waals surface area contributed by atoms with Crippen LogP contribution in [-0.4, -0.2) is 35.7 Å². The normalized spacial score (nSPS) is 13.8. The molecule has 0 unspecified atom stereocenters. The van der Waals surface area contributed by atoms with Crippen molar-refractivity contribution in [2.45, 2.75) is 33.2 Å². The van der Waals surface area contributed by atoms with E-state index in [4.69, 9.17) is 4.74 Å². The predicted molar refractivity (Wildman–Crippen MR) is 104 cm³/mol. The second kappa shape index (κ2) is 7.93. The van der Waals surface area contributed by atoms with Crippen LogP contribution in [0.3, 0.4) is 0 Å². The SMILES string of the molecule is COC(=O)c1c(NC(=O)c2ccc(CN3C(=O)CCC3=O)cc2)sc(C)c1C. The maximum Gasteiger partial charge on any atom is 0.341 e. The Balaban J connectivity index is 1.74. The highest BCUT2D eigenvalue weighted by atomic mass is 32.1. The Hall–Kier alpha value is -3.00. The molecule has 1 N–H and O–H groups in total. The predicted octanol–water partition coefficient (Wildman–Crippen LogP) is 3.05. The fraction of sp³-hybridized carbons (Fsp3) is 0.300. The van der Waals surface area contributed by atoms with E-state index in [0.29, 0.717) is 16.1 Å². The fourth-order valence-corrected chi connectivity index (χ4v) is 4.03. The maximum atomic E-state index is 12.6. The smallest absolute Gasteiger partial charge is 0.341 e. The van der Waals surface area contributed by atoms with Gasteiger partial charge in [-0.1, -0.05) is 12.1 Å². The van der Waals surface area contributed by atoms with Crippen LogP contribution in [0, 0.1) is 13.8 Å². The van der Waals surface area contributed by atoms with E-state index in [1.54, 1.807) is 24.3 Å². The van der Waals surface area contributed by atoms with Crippen LogP contribution >= 0.6 is 11.3 Å². The number of amides is 3. The molecule has 0 radical (unpaired) electrons. The van der Waals surface area contributed by atoms with Crippen LogP contribution < -0.4 is 5.32 Å². The molecule has 0 saturated carbocycles. The highest BCUT2D eigenvalue weighted by molar-refractivity contribution is 7.16. The molecule has 0 atom stereocenters. The molecule has 7 nitrogen and oxygen atoms in total. The number of anilines is 1. The van der Waals surface area contributed by atoms with E-state index in [9.17, 15) is 19.2 Å². The van der Waals surface area contributed by atoms with Crippen molar-refractivity contribution in [3.8, 4) is 0 Å². The third kappa shape index (κ3) is 3.82. The lowest BCUT2D eigenvalue weighted by molar-refractivity contribution is -0.139. The second-order valence-corrected chi connectivity index (χ2v) is 7.73. The van der Waals surface area contributed by atoms with Crippen molar-refractivity contribution in [1.82, 2.24) is 4.90 Å². The van der Waals surface area contributed by atoms with Crippen LogP contribution in [0.5, 0.6) is 0 Å². The first-order valence-corrected chi connectivity index (χ1v) is 9.55. The summed E-state index contributed by atoms with van der Waals surface area (Å²) in [5, 5.41) is 3.22. The van der Waals surface area contributed by atoms with Crippen LogP contribution in [-0.2, 0) is 20.9 Å². The number of ether oxygens (including phenoxy) is 1. The molecule has 0 spiro atoms. The zero-order chi connectivity index (χ0) is 20.4. The van der Waals surface area contributed by atoms with Crippen molar-refractivity contribution in [3.05, 3.63) is 51.4 Å². The van der Waals surface area contributed by atoms with Crippen molar-refractivity contribution in [2.24, 2.45) is 0 Å². The summed E-state index contributed by atoms with van der Waals surface area (Å²) in [6.07, 6.45) is 0.503. The number of rotatable bonds is 5.